The Bertz CT molecular complexity index is 1550. The van der Waals surface area contributed by atoms with Gasteiger partial charge in [-0.3, -0.25) is 0 Å². The summed E-state index contributed by atoms with van der Waals surface area (Å²) in [5.41, 5.74) is 2.51. The summed E-state index contributed by atoms with van der Waals surface area (Å²) in [6.45, 7) is 0. The van der Waals surface area contributed by atoms with Crippen molar-refractivity contribution in [3.05, 3.63) is 127 Å². The van der Waals surface area contributed by atoms with Crippen molar-refractivity contribution in [2.24, 2.45) is 0 Å². The van der Waals surface area contributed by atoms with Crippen molar-refractivity contribution in [1.29, 1.82) is 0 Å². The van der Waals surface area contributed by atoms with E-state index in [1.54, 1.807) is 0 Å². The monoisotopic (exact) mass is 472 g/mol. The van der Waals surface area contributed by atoms with Crippen LogP contribution in [0.3, 0.4) is 0 Å². The van der Waals surface area contributed by atoms with Crippen LogP contribution in [0.2, 0.25) is 0 Å². The smallest absolute Gasteiger partial charge is 0.288 e. The maximum atomic E-state index is 6.56. The van der Waals surface area contributed by atoms with Crippen molar-refractivity contribution in [3.63, 3.8) is 0 Å². The van der Waals surface area contributed by atoms with Crippen LogP contribution in [0.15, 0.2) is 127 Å². The summed E-state index contributed by atoms with van der Waals surface area (Å²) in [5, 5.41) is 6.41. The first-order chi connectivity index (χ1) is 16.8. The van der Waals surface area contributed by atoms with Gasteiger partial charge in [0.15, 0.2) is 0 Å². The molecule has 1 nitrogen and oxygen atoms in total. The normalized spacial score (nSPS) is 11.8. The van der Waals surface area contributed by atoms with E-state index in [9.17, 15) is 0 Å². The summed E-state index contributed by atoms with van der Waals surface area (Å²) < 4.78 is 9.23. The highest BCUT2D eigenvalue weighted by Gasteiger charge is 2.41. The van der Waals surface area contributed by atoms with Crippen LogP contribution in [0.1, 0.15) is 0 Å². The fourth-order valence-electron chi connectivity index (χ4n) is 5.08. The Kier molecular flexibility index (Phi) is 5.38. The zero-order valence-electron chi connectivity index (χ0n) is 18.9. The molecule has 0 saturated heterocycles. The molecule has 1 heterocycles. The van der Waals surface area contributed by atoms with Crippen LogP contribution >= 0.6 is 11.3 Å². The third kappa shape index (κ3) is 3.33. The van der Waals surface area contributed by atoms with E-state index in [2.05, 4.69) is 127 Å². The lowest BCUT2D eigenvalue weighted by atomic mass is 10.0. The van der Waals surface area contributed by atoms with Crippen LogP contribution < -0.4 is 15.6 Å². The largest absolute Gasteiger partial charge is 0.408 e. The van der Waals surface area contributed by atoms with Crippen molar-refractivity contribution in [2.75, 3.05) is 7.11 Å². The number of rotatable bonds is 5. The second-order valence-electron chi connectivity index (χ2n) is 8.48. The Hall–Kier alpha value is -3.50. The predicted octanol–water partition coefficient (Wildman–Crippen LogP) is 6.33. The van der Waals surface area contributed by atoms with Crippen LogP contribution in [-0.4, -0.2) is 15.4 Å². The first kappa shape index (κ1) is 21.1. The lowest BCUT2D eigenvalue weighted by molar-refractivity contribution is 0.426. The summed E-state index contributed by atoms with van der Waals surface area (Å²) in [6.07, 6.45) is 0. The Morgan fingerprint density at radius 3 is 1.85 bits per heavy atom. The third-order valence-electron chi connectivity index (χ3n) is 6.65. The highest BCUT2D eigenvalue weighted by molar-refractivity contribution is 7.26. The topological polar surface area (TPSA) is 9.23 Å². The molecule has 6 rings (SSSR count). The van der Waals surface area contributed by atoms with Gasteiger partial charge in [0.1, 0.15) is 0 Å². The third-order valence-corrected chi connectivity index (χ3v) is 11.9. The Morgan fingerprint density at radius 1 is 0.559 bits per heavy atom. The molecule has 164 valence electrons. The molecular weight excluding hydrogens is 448 g/mol. The average Bonchev–Trinajstić information content (AvgIpc) is 3.30. The van der Waals surface area contributed by atoms with Crippen molar-refractivity contribution >= 4 is 55.4 Å². The van der Waals surface area contributed by atoms with Crippen LogP contribution in [0.25, 0.3) is 31.3 Å². The minimum atomic E-state index is -2.66. The average molecular weight is 473 g/mol. The molecule has 0 bridgehead atoms. The van der Waals surface area contributed by atoms with E-state index in [-0.39, 0.29) is 0 Å². The summed E-state index contributed by atoms with van der Waals surface area (Å²) in [6, 6.07) is 45.8. The van der Waals surface area contributed by atoms with Crippen molar-refractivity contribution in [3.8, 4) is 11.1 Å². The molecule has 6 aromatic rings. The number of thiophene rings is 1. The molecule has 0 atom stereocenters. The van der Waals surface area contributed by atoms with Crippen LogP contribution in [0.4, 0.5) is 0 Å². The minimum absolute atomic E-state index is 1.23. The summed E-state index contributed by atoms with van der Waals surface area (Å²) in [4.78, 5) is 0. The van der Waals surface area contributed by atoms with Gasteiger partial charge in [-0.15, -0.1) is 11.3 Å². The molecular formula is C31H24OSSi. The van der Waals surface area contributed by atoms with Crippen LogP contribution in [0, 0.1) is 0 Å². The lowest BCUT2D eigenvalue weighted by Crippen LogP contribution is -2.68. The van der Waals surface area contributed by atoms with Gasteiger partial charge in [0.25, 0.3) is 8.32 Å². The maximum Gasteiger partial charge on any atom is 0.288 e. The fourth-order valence-corrected chi connectivity index (χ4v) is 10.0. The van der Waals surface area contributed by atoms with E-state index in [0.29, 0.717) is 0 Å². The van der Waals surface area contributed by atoms with Crippen molar-refractivity contribution in [2.45, 2.75) is 0 Å². The fraction of sp³-hybridized carbons (Fsp3) is 0.0323. The molecule has 0 aliphatic rings. The van der Waals surface area contributed by atoms with Gasteiger partial charge in [0.05, 0.1) is 0 Å². The van der Waals surface area contributed by atoms with Gasteiger partial charge in [0.2, 0.25) is 0 Å². The second-order valence-corrected chi connectivity index (χ2v) is 13.0. The van der Waals surface area contributed by atoms with Crippen LogP contribution in [-0.2, 0) is 4.43 Å². The van der Waals surface area contributed by atoms with E-state index in [1.807, 2.05) is 18.4 Å². The van der Waals surface area contributed by atoms with Gasteiger partial charge in [0, 0.05) is 27.3 Å². The molecule has 5 aromatic carbocycles. The summed E-state index contributed by atoms with van der Waals surface area (Å²) in [7, 11) is -0.791. The molecule has 0 aliphatic heterocycles. The van der Waals surface area contributed by atoms with Gasteiger partial charge in [-0.1, -0.05) is 121 Å². The molecule has 0 unspecified atom stereocenters. The van der Waals surface area contributed by atoms with E-state index < -0.39 is 8.32 Å². The molecule has 0 radical (unpaired) electrons. The molecule has 0 N–H and O–H groups in total. The van der Waals surface area contributed by atoms with Gasteiger partial charge in [-0.2, -0.15) is 0 Å². The zero-order valence-corrected chi connectivity index (χ0v) is 20.8. The van der Waals surface area contributed by atoms with Crippen LogP contribution in [0.5, 0.6) is 0 Å². The second kappa shape index (κ2) is 8.69. The zero-order chi connectivity index (χ0) is 23.0. The van der Waals surface area contributed by atoms with Crippen molar-refractivity contribution in [1.82, 2.24) is 0 Å². The highest BCUT2D eigenvalue weighted by atomic mass is 32.1. The van der Waals surface area contributed by atoms with Crippen molar-refractivity contribution < 1.29 is 4.43 Å². The van der Waals surface area contributed by atoms with Gasteiger partial charge >= 0.3 is 0 Å². The number of hydrogen-bond donors (Lipinski definition) is 0. The van der Waals surface area contributed by atoms with Gasteiger partial charge < -0.3 is 4.43 Å². The molecule has 1 aromatic heterocycles. The van der Waals surface area contributed by atoms with E-state index in [1.165, 1.54) is 46.9 Å². The summed E-state index contributed by atoms with van der Waals surface area (Å²) in [5.74, 6) is 0. The SMILES string of the molecule is CO[Si](c1ccccc1)(c1ccccc1)c1cccc(-c2cccc3c2sc2ccccc23)c1. The molecule has 0 aliphatic carbocycles. The quantitative estimate of drug-likeness (QED) is 0.210. The van der Waals surface area contributed by atoms with E-state index >= 15 is 0 Å². The van der Waals surface area contributed by atoms with E-state index in [0.717, 1.165) is 0 Å². The maximum absolute atomic E-state index is 6.56. The first-order valence-electron chi connectivity index (χ1n) is 11.5. The predicted molar refractivity (Wildman–Crippen MR) is 149 cm³/mol. The molecule has 34 heavy (non-hydrogen) atoms. The minimum Gasteiger partial charge on any atom is -0.408 e. The highest BCUT2D eigenvalue weighted by Crippen LogP contribution is 2.39. The van der Waals surface area contributed by atoms with Gasteiger partial charge in [-0.05, 0) is 32.8 Å². The molecule has 3 heteroatoms. The molecule has 0 saturated carbocycles. The number of hydrogen-bond acceptors (Lipinski definition) is 2. The molecule has 0 spiro atoms. The Morgan fingerprint density at radius 2 is 1.15 bits per heavy atom. The molecule has 0 amide bonds. The number of fused-ring (bicyclic) bond motifs is 3. The first-order valence-corrected chi connectivity index (χ1v) is 14.2. The summed E-state index contributed by atoms with van der Waals surface area (Å²) >= 11 is 1.88. The van der Waals surface area contributed by atoms with Gasteiger partial charge in [-0.25, -0.2) is 0 Å². The Balaban J connectivity index is 1.60. The number of benzene rings is 5. The molecule has 0 fully saturated rings. The Labute approximate surface area is 205 Å². The lowest BCUT2D eigenvalue weighted by Gasteiger charge is -2.31. The standard InChI is InChI=1S/C31H24OSSi/c1-32-34(24-13-4-2-5-14-24,25-15-6-3-7-16-25)26-17-10-12-23(22-26)27-19-11-20-29-28-18-8-9-21-30(28)33-31(27)29/h2-22H,1H3. The van der Waals surface area contributed by atoms with E-state index in [4.69, 9.17) is 4.43 Å².